The van der Waals surface area contributed by atoms with Crippen LogP contribution in [0, 0.1) is 5.82 Å². The molecule has 0 aliphatic heterocycles. The van der Waals surface area contributed by atoms with Gasteiger partial charge in [0, 0.05) is 30.1 Å². The van der Waals surface area contributed by atoms with Crippen LogP contribution in [0.5, 0.6) is 5.75 Å². The van der Waals surface area contributed by atoms with Gasteiger partial charge in [0.05, 0.1) is 29.7 Å². The van der Waals surface area contributed by atoms with Crippen LogP contribution >= 0.6 is 11.6 Å². The maximum absolute atomic E-state index is 14.1. The fraction of sp³-hybridized carbons (Fsp3) is 0.333. The summed E-state index contributed by atoms with van der Waals surface area (Å²) in [7, 11) is -2.02. The van der Waals surface area contributed by atoms with Crippen LogP contribution in [0.25, 0.3) is 10.9 Å². The van der Waals surface area contributed by atoms with Gasteiger partial charge in [-0.3, -0.25) is 0 Å². The molecule has 0 aliphatic carbocycles. The molecule has 0 amide bonds. The fourth-order valence-corrected chi connectivity index (χ4v) is 3.96. The lowest BCUT2D eigenvalue weighted by atomic mass is 10.2. The zero-order valence-electron chi connectivity index (χ0n) is 18.0. The van der Waals surface area contributed by atoms with Crippen molar-refractivity contribution in [2.24, 2.45) is 0 Å². The Hall–Kier alpha value is -2.57. The summed E-state index contributed by atoms with van der Waals surface area (Å²) < 4.78 is 56.2. The van der Waals surface area contributed by atoms with Gasteiger partial charge >= 0.3 is 0 Å². The first-order valence-corrected chi connectivity index (χ1v) is 11.9. The van der Waals surface area contributed by atoms with Crippen LogP contribution in [0.4, 0.5) is 15.9 Å². The van der Waals surface area contributed by atoms with Crippen LogP contribution in [0.3, 0.4) is 0 Å². The van der Waals surface area contributed by atoms with E-state index >= 15 is 0 Å². The number of halogens is 2. The fourth-order valence-electron chi connectivity index (χ4n) is 2.84. The average molecular weight is 499 g/mol. The van der Waals surface area contributed by atoms with Gasteiger partial charge in [-0.05, 0) is 37.3 Å². The number of hydrogen-bond donors (Lipinski definition) is 2. The van der Waals surface area contributed by atoms with E-state index < -0.39 is 21.1 Å². The maximum Gasteiger partial charge on any atom is 0.216 e. The van der Waals surface area contributed by atoms with Gasteiger partial charge in [0.15, 0.2) is 6.79 Å². The van der Waals surface area contributed by atoms with Crippen molar-refractivity contribution < 1.29 is 27.0 Å². The average Bonchev–Trinajstić information content (AvgIpc) is 2.78. The number of sulfonamides is 1. The van der Waals surface area contributed by atoms with Crippen LogP contribution in [0.15, 0.2) is 42.7 Å². The Balaban J connectivity index is 1.53. The molecule has 9 nitrogen and oxygen atoms in total. The largest absolute Gasteiger partial charge is 0.467 e. The lowest BCUT2D eigenvalue weighted by Gasteiger charge is -2.13. The third-order valence-electron chi connectivity index (χ3n) is 4.58. The molecular formula is C21H24ClFN4O5S. The van der Waals surface area contributed by atoms with E-state index in [0.29, 0.717) is 27.5 Å². The summed E-state index contributed by atoms with van der Waals surface area (Å²) in [5.74, 6) is 0.430. The molecule has 0 saturated heterocycles. The van der Waals surface area contributed by atoms with Crippen molar-refractivity contribution in [2.75, 3.05) is 39.0 Å². The van der Waals surface area contributed by atoms with Crippen LogP contribution in [-0.4, -0.2) is 57.3 Å². The van der Waals surface area contributed by atoms with Crippen molar-refractivity contribution in [1.82, 2.24) is 14.7 Å². The van der Waals surface area contributed by atoms with Gasteiger partial charge in [0.2, 0.25) is 10.0 Å². The SMILES string of the molecule is COCC(C)S(=O)(=O)NCCOCOc1ccc2c(Nc3ccc(Cl)cc3F)ncnc2c1. The number of rotatable bonds is 12. The Morgan fingerprint density at radius 1 is 1.18 bits per heavy atom. The molecule has 0 fully saturated rings. The van der Waals surface area contributed by atoms with E-state index in [0.717, 1.165) is 0 Å². The smallest absolute Gasteiger partial charge is 0.216 e. The summed E-state index contributed by atoms with van der Waals surface area (Å²) in [5, 5.41) is 3.25. The van der Waals surface area contributed by atoms with Crippen LogP contribution < -0.4 is 14.8 Å². The topological polar surface area (TPSA) is 112 Å². The predicted octanol–water partition coefficient (Wildman–Crippen LogP) is 3.47. The zero-order valence-corrected chi connectivity index (χ0v) is 19.6. The minimum atomic E-state index is -3.46. The van der Waals surface area contributed by atoms with Crippen molar-refractivity contribution in [2.45, 2.75) is 12.2 Å². The summed E-state index contributed by atoms with van der Waals surface area (Å²) in [4.78, 5) is 8.41. The van der Waals surface area contributed by atoms with E-state index in [4.69, 9.17) is 25.8 Å². The van der Waals surface area contributed by atoms with E-state index in [-0.39, 0.29) is 32.2 Å². The number of methoxy groups -OCH3 is 1. The van der Waals surface area contributed by atoms with Crippen LogP contribution in [0.2, 0.25) is 5.02 Å². The molecule has 3 aromatic rings. The number of ether oxygens (including phenoxy) is 3. The Kier molecular flexibility index (Phi) is 8.75. The lowest BCUT2D eigenvalue weighted by molar-refractivity contribution is 0.0184. The number of aromatic nitrogens is 2. The second-order valence-electron chi connectivity index (χ2n) is 7.03. The molecule has 0 saturated carbocycles. The number of fused-ring (bicyclic) bond motifs is 1. The van der Waals surface area contributed by atoms with Crippen molar-refractivity contribution >= 4 is 44.0 Å². The van der Waals surface area contributed by atoms with Crippen molar-refractivity contribution in [3.63, 3.8) is 0 Å². The van der Waals surface area contributed by atoms with E-state index in [1.807, 2.05) is 0 Å². The highest BCUT2D eigenvalue weighted by atomic mass is 35.5. The first-order valence-electron chi connectivity index (χ1n) is 9.95. The van der Waals surface area contributed by atoms with Crippen LogP contribution in [0.1, 0.15) is 6.92 Å². The zero-order chi connectivity index (χ0) is 23.8. The number of nitrogens with zero attached hydrogens (tertiary/aromatic N) is 2. The summed E-state index contributed by atoms with van der Waals surface area (Å²) in [6.07, 6.45) is 1.36. The standard InChI is InChI=1S/C21H24ClFN4O5S/c1-14(11-30-2)33(28,29)26-7-8-31-13-32-16-4-5-17-20(10-16)24-12-25-21(17)27-19-6-3-15(22)9-18(19)23/h3-6,9-10,12,14,26H,7-8,11,13H2,1-2H3,(H,24,25,27). The first kappa shape index (κ1) is 25.1. The highest BCUT2D eigenvalue weighted by molar-refractivity contribution is 7.90. The molecule has 2 aromatic carbocycles. The molecule has 1 heterocycles. The molecule has 0 bridgehead atoms. The summed E-state index contributed by atoms with van der Waals surface area (Å²) in [6, 6.07) is 9.45. The molecule has 178 valence electrons. The molecule has 0 aliphatic rings. The molecule has 0 spiro atoms. The van der Waals surface area contributed by atoms with E-state index in [1.54, 1.807) is 31.2 Å². The van der Waals surface area contributed by atoms with E-state index in [9.17, 15) is 12.8 Å². The van der Waals surface area contributed by atoms with Gasteiger partial charge in [-0.2, -0.15) is 0 Å². The maximum atomic E-state index is 14.1. The Bertz CT molecular complexity index is 1200. The molecule has 1 aromatic heterocycles. The number of hydrogen-bond acceptors (Lipinski definition) is 8. The second kappa shape index (κ2) is 11.5. The molecule has 1 unspecified atom stereocenters. The highest BCUT2D eigenvalue weighted by Crippen LogP contribution is 2.28. The number of nitrogens with one attached hydrogen (secondary N) is 2. The molecule has 12 heteroatoms. The summed E-state index contributed by atoms with van der Waals surface area (Å²) in [5.41, 5.74) is 0.819. The Labute approximate surface area is 196 Å². The monoisotopic (exact) mass is 498 g/mol. The molecule has 2 N–H and O–H groups in total. The normalized spacial score (nSPS) is 12.6. The van der Waals surface area contributed by atoms with Crippen molar-refractivity contribution in [3.8, 4) is 5.75 Å². The Morgan fingerprint density at radius 3 is 2.76 bits per heavy atom. The van der Waals surface area contributed by atoms with Gasteiger partial charge in [0.1, 0.15) is 23.7 Å². The summed E-state index contributed by atoms with van der Waals surface area (Å²) >= 11 is 5.79. The van der Waals surface area contributed by atoms with Gasteiger partial charge in [0.25, 0.3) is 0 Å². The van der Waals surface area contributed by atoms with Crippen LogP contribution in [-0.2, 0) is 19.5 Å². The second-order valence-corrected chi connectivity index (χ2v) is 9.65. The third-order valence-corrected chi connectivity index (χ3v) is 6.62. The highest BCUT2D eigenvalue weighted by Gasteiger charge is 2.19. The number of benzene rings is 2. The van der Waals surface area contributed by atoms with Gasteiger partial charge in [-0.1, -0.05) is 11.6 Å². The van der Waals surface area contributed by atoms with Gasteiger partial charge in [-0.15, -0.1) is 0 Å². The molecule has 0 radical (unpaired) electrons. The molecule has 3 rings (SSSR count). The molecule has 1 atom stereocenters. The Morgan fingerprint density at radius 2 is 2.00 bits per heavy atom. The van der Waals surface area contributed by atoms with Gasteiger partial charge in [-0.25, -0.2) is 27.5 Å². The third kappa shape index (κ3) is 6.95. The lowest BCUT2D eigenvalue weighted by Crippen LogP contribution is -2.37. The van der Waals surface area contributed by atoms with Crippen molar-refractivity contribution in [1.29, 1.82) is 0 Å². The quantitative estimate of drug-likeness (QED) is 0.288. The minimum Gasteiger partial charge on any atom is -0.467 e. The van der Waals surface area contributed by atoms with E-state index in [1.165, 1.54) is 25.6 Å². The van der Waals surface area contributed by atoms with Crippen molar-refractivity contribution in [3.05, 3.63) is 53.6 Å². The minimum absolute atomic E-state index is 0.0764. The van der Waals surface area contributed by atoms with Gasteiger partial charge < -0.3 is 19.5 Å². The first-order chi connectivity index (χ1) is 15.8. The van der Waals surface area contributed by atoms with E-state index in [2.05, 4.69) is 20.0 Å². The molecular weight excluding hydrogens is 475 g/mol. The summed E-state index contributed by atoms with van der Waals surface area (Å²) in [6.45, 7) is 1.84. The predicted molar refractivity (Wildman–Crippen MR) is 124 cm³/mol. The molecule has 33 heavy (non-hydrogen) atoms. The number of anilines is 2.